The van der Waals surface area contributed by atoms with Crippen LogP contribution in [0.4, 0.5) is 17.5 Å². The lowest BCUT2D eigenvalue weighted by Crippen LogP contribution is -2.46. The van der Waals surface area contributed by atoms with Crippen LogP contribution in [-0.2, 0) is 16.0 Å². The third-order valence-corrected chi connectivity index (χ3v) is 7.84. The molecule has 186 valence electrons. The summed E-state index contributed by atoms with van der Waals surface area (Å²) in [6.07, 6.45) is 10.8. The van der Waals surface area contributed by atoms with Crippen LogP contribution in [0.25, 0.3) is 0 Å². The van der Waals surface area contributed by atoms with Crippen molar-refractivity contribution in [2.24, 2.45) is 5.92 Å². The first-order valence-corrected chi connectivity index (χ1v) is 13.1. The molecule has 1 aliphatic carbocycles. The Labute approximate surface area is 206 Å². The van der Waals surface area contributed by atoms with E-state index >= 15 is 0 Å². The zero-order valence-electron chi connectivity index (χ0n) is 20.1. The molecule has 0 bridgehead atoms. The maximum absolute atomic E-state index is 5.57. The van der Waals surface area contributed by atoms with Gasteiger partial charge < -0.3 is 25.1 Å². The van der Waals surface area contributed by atoms with Crippen molar-refractivity contribution < 1.29 is 9.47 Å². The van der Waals surface area contributed by atoms with Crippen molar-refractivity contribution in [2.45, 2.75) is 64.1 Å². The minimum Gasteiger partial charge on any atom is -0.381 e. The van der Waals surface area contributed by atoms with E-state index in [1.807, 2.05) is 24.0 Å². The number of hydrogen-bond donors (Lipinski definition) is 3. The van der Waals surface area contributed by atoms with Crippen LogP contribution in [0.5, 0.6) is 0 Å². The molecule has 0 radical (unpaired) electrons. The molecule has 3 fully saturated rings. The highest BCUT2D eigenvalue weighted by molar-refractivity contribution is 7.71. The Kier molecular flexibility index (Phi) is 7.78. The summed E-state index contributed by atoms with van der Waals surface area (Å²) in [6, 6.07) is 1.13. The van der Waals surface area contributed by atoms with Crippen molar-refractivity contribution in [1.29, 1.82) is 0 Å². The highest BCUT2D eigenvalue weighted by Gasteiger charge is 2.27. The van der Waals surface area contributed by atoms with Crippen molar-refractivity contribution in [2.75, 3.05) is 50.2 Å². The second kappa shape index (κ2) is 11.2. The van der Waals surface area contributed by atoms with Gasteiger partial charge in [-0.1, -0.05) is 12.2 Å². The first-order chi connectivity index (χ1) is 16.6. The predicted molar refractivity (Wildman–Crippen MR) is 135 cm³/mol. The topological polar surface area (TPSA) is 92.3 Å². The molecule has 2 aromatic rings. The van der Waals surface area contributed by atoms with Crippen LogP contribution in [0, 0.1) is 17.5 Å². The fourth-order valence-electron chi connectivity index (χ4n) is 5.33. The van der Waals surface area contributed by atoms with Gasteiger partial charge in [0.15, 0.2) is 0 Å². The Morgan fingerprint density at radius 3 is 2.56 bits per heavy atom. The predicted octanol–water partition coefficient (Wildman–Crippen LogP) is 3.87. The zero-order valence-corrected chi connectivity index (χ0v) is 20.9. The molecule has 0 unspecified atom stereocenters. The van der Waals surface area contributed by atoms with Crippen LogP contribution in [0.2, 0.25) is 0 Å². The molecule has 9 nitrogen and oxygen atoms in total. The number of nitrogens with one attached hydrogen (secondary N) is 3. The van der Waals surface area contributed by atoms with Crippen molar-refractivity contribution in [1.82, 2.24) is 24.6 Å². The van der Waals surface area contributed by atoms with Crippen molar-refractivity contribution in [3.05, 3.63) is 22.6 Å². The van der Waals surface area contributed by atoms with Gasteiger partial charge in [0, 0.05) is 56.7 Å². The number of morpholine rings is 1. The number of nitrogens with zero attached hydrogens (tertiary/aromatic N) is 4. The Morgan fingerprint density at radius 1 is 1.06 bits per heavy atom. The second-order valence-corrected chi connectivity index (χ2v) is 10.2. The fourth-order valence-corrected chi connectivity index (χ4v) is 5.52. The number of aromatic nitrogens is 4. The molecule has 0 atom stereocenters. The standard InChI is InChI=1S/C24H37N7O2S/c1-17-22(26-19-2-4-21(5-3-19)30-8-12-33-13-9-30)28-24(29-23(17)34)27-20-14-25-31(16-20)15-18-6-10-32-11-7-18/h14,16,18-19,21H,2-13,15H2,1H3,(H3,26,27,28,29,34). The van der Waals surface area contributed by atoms with E-state index < -0.39 is 0 Å². The Balaban J connectivity index is 1.18. The number of anilines is 3. The average molecular weight is 488 g/mol. The van der Waals surface area contributed by atoms with E-state index in [-0.39, 0.29) is 0 Å². The summed E-state index contributed by atoms with van der Waals surface area (Å²) in [4.78, 5) is 10.6. The lowest BCUT2D eigenvalue weighted by Gasteiger charge is -2.39. The summed E-state index contributed by atoms with van der Waals surface area (Å²) in [5, 5.41) is 11.6. The summed E-state index contributed by atoms with van der Waals surface area (Å²) in [5.41, 5.74) is 1.90. The average Bonchev–Trinajstić information content (AvgIpc) is 3.30. The van der Waals surface area contributed by atoms with Gasteiger partial charge >= 0.3 is 0 Å². The number of H-pyrrole nitrogens is 1. The molecule has 2 aromatic heterocycles. The van der Waals surface area contributed by atoms with Gasteiger partial charge in [-0.3, -0.25) is 9.58 Å². The van der Waals surface area contributed by atoms with Gasteiger partial charge in [0.25, 0.3) is 0 Å². The van der Waals surface area contributed by atoms with Crippen LogP contribution in [0.15, 0.2) is 12.4 Å². The Morgan fingerprint density at radius 2 is 1.79 bits per heavy atom. The summed E-state index contributed by atoms with van der Waals surface area (Å²) in [5.74, 6) is 2.23. The number of hydrogen-bond acceptors (Lipinski definition) is 8. The molecule has 2 aliphatic heterocycles. The van der Waals surface area contributed by atoms with Crippen LogP contribution < -0.4 is 10.6 Å². The number of aromatic amines is 1. The maximum Gasteiger partial charge on any atom is 0.207 e. The molecule has 3 aliphatic rings. The molecule has 2 saturated heterocycles. The summed E-state index contributed by atoms with van der Waals surface area (Å²) < 4.78 is 13.6. The Bertz CT molecular complexity index is 989. The zero-order chi connectivity index (χ0) is 23.3. The summed E-state index contributed by atoms with van der Waals surface area (Å²) >= 11 is 5.57. The van der Waals surface area contributed by atoms with Gasteiger partial charge in [0.1, 0.15) is 10.5 Å². The van der Waals surface area contributed by atoms with Crippen LogP contribution >= 0.6 is 12.2 Å². The molecule has 0 spiro atoms. The smallest absolute Gasteiger partial charge is 0.207 e. The molecule has 0 aromatic carbocycles. The van der Waals surface area contributed by atoms with E-state index in [4.69, 9.17) is 21.7 Å². The molecule has 34 heavy (non-hydrogen) atoms. The van der Waals surface area contributed by atoms with Gasteiger partial charge in [-0.05, 0) is 51.4 Å². The van der Waals surface area contributed by atoms with E-state index in [9.17, 15) is 0 Å². The van der Waals surface area contributed by atoms with E-state index in [2.05, 4.69) is 30.6 Å². The minimum atomic E-state index is 0.444. The summed E-state index contributed by atoms with van der Waals surface area (Å²) in [6.45, 7) is 8.53. The number of ether oxygens (including phenoxy) is 2. The fraction of sp³-hybridized carbons (Fsp3) is 0.708. The van der Waals surface area contributed by atoms with Crippen LogP contribution in [0.1, 0.15) is 44.1 Å². The molecule has 4 heterocycles. The van der Waals surface area contributed by atoms with Gasteiger partial charge in [0.05, 0.1) is 25.1 Å². The van der Waals surface area contributed by atoms with E-state index in [0.717, 1.165) is 88.8 Å². The molecule has 3 N–H and O–H groups in total. The molecule has 10 heteroatoms. The first kappa shape index (κ1) is 23.7. The molecular formula is C24H37N7O2S. The molecular weight excluding hydrogens is 450 g/mol. The third kappa shape index (κ3) is 5.97. The third-order valence-electron chi connectivity index (χ3n) is 7.44. The van der Waals surface area contributed by atoms with Crippen LogP contribution in [-0.4, -0.2) is 76.2 Å². The van der Waals surface area contributed by atoms with Gasteiger partial charge in [-0.15, -0.1) is 0 Å². The van der Waals surface area contributed by atoms with Crippen molar-refractivity contribution in [3.63, 3.8) is 0 Å². The van der Waals surface area contributed by atoms with Gasteiger partial charge in [-0.2, -0.15) is 5.10 Å². The molecule has 1 saturated carbocycles. The van der Waals surface area contributed by atoms with Gasteiger partial charge in [0.2, 0.25) is 5.95 Å². The maximum atomic E-state index is 5.57. The second-order valence-electron chi connectivity index (χ2n) is 9.82. The Hall–Kier alpha value is -2.01. The van der Waals surface area contributed by atoms with Gasteiger partial charge in [-0.25, -0.2) is 4.98 Å². The lowest BCUT2D eigenvalue weighted by molar-refractivity contribution is 0.00790. The number of rotatable bonds is 7. The molecule has 5 rings (SSSR count). The first-order valence-electron chi connectivity index (χ1n) is 12.7. The monoisotopic (exact) mass is 487 g/mol. The van der Waals surface area contributed by atoms with Crippen molar-refractivity contribution >= 4 is 29.7 Å². The van der Waals surface area contributed by atoms with Crippen molar-refractivity contribution in [3.8, 4) is 0 Å². The van der Waals surface area contributed by atoms with Crippen LogP contribution in [0.3, 0.4) is 0 Å². The van der Waals surface area contributed by atoms with E-state index in [0.29, 0.717) is 28.6 Å². The highest BCUT2D eigenvalue weighted by Crippen LogP contribution is 2.27. The molecule has 0 amide bonds. The highest BCUT2D eigenvalue weighted by atomic mass is 32.1. The minimum absolute atomic E-state index is 0.444. The SMILES string of the molecule is Cc1c(NC2CCC(N3CCOCC3)CC2)[nH]c(Nc2cnn(CC3CCOCC3)c2)nc1=S. The largest absolute Gasteiger partial charge is 0.381 e. The normalized spacial score (nSPS) is 24.7. The summed E-state index contributed by atoms with van der Waals surface area (Å²) in [7, 11) is 0. The quantitative estimate of drug-likeness (QED) is 0.507. The lowest BCUT2D eigenvalue weighted by atomic mass is 9.90. The van der Waals surface area contributed by atoms with E-state index in [1.165, 1.54) is 12.8 Å². The van der Waals surface area contributed by atoms with E-state index in [1.54, 1.807) is 0 Å².